The minimum Gasteiger partial charge on any atom is -0.481 e. The maximum Gasteiger partial charge on any atom is 0.323 e. The van der Waals surface area contributed by atoms with Gasteiger partial charge in [0.25, 0.3) is 5.91 Å². The standard InChI is InChI=1S/C31H38FN5O7/c1-31(2,43)13-12-19(28(34)40)16-26(44-30(42)21(33)10-11-27(38)39)24(15-18-6-5-7-20(32)14-18)37-29(41)25-17-35-22-8-3-4-9-23(22)36-25/h3-9,14,17,19,21,24,26,43H,10-13,15-16,33H2,1-2H3,(H2,34,40)(H,37,41)(H,38,39)/t19-,21+,24+,26+/m1/s1. The van der Waals surface area contributed by atoms with Crippen molar-refractivity contribution in [1.82, 2.24) is 15.3 Å². The summed E-state index contributed by atoms with van der Waals surface area (Å²) in [6.07, 6.45) is -0.432. The fourth-order valence-electron chi connectivity index (χ4n) is 4.61. The Labute approximate surface area is 254 Å². The molecule has 3 rings (SSSR count). The van der Waals surface area contributed by atoms with E-state index in [0.29, 0.717) is 16.6 Å². The van der Waals surface area contributed by atoms with Crippen LogP contribution in [0.3, 0.4) is 0 Å². The van der Waals surface area contributed by atoms with Gasteiger partial charge in [-0.1, -0.05) is 24.3 Å². The molecule has 4 atom stereocenters. The second-order valence-electron chi connectivity index (χ2n) is 11.4. The average molecular weight is 612 g/mol. The summed E-state index contributed by atoms with van der Waals surface area (Å²) in [5.74, 6) is -4.93. The lowest BCUT2D eigenvalue weighted by molar-refractivity contribution is -0.154. The van der Waals surface area contributed by atoms with Crippen molar-refractivity contribution in [1.29, 1.82) is 0 Å². The number of nitrogens with one attached hydrogen (secondary N) is 1. The normalized spacial score (nSPS) is 14.3. The number of ether oxygens (including phenoxy) is 1. The van der Waals surface area contributed by atoms with Crippen LogP contribution in [0, 0.1) is 11.7 Å². The molecule has 1 heterocycles. The quantitative estimate of drug-likeness (QED) is 0.149. The number of amides is 2. The Morgan fingerprint density at radius 1 is 1.07 bits per heavy atom. The number of nitrogens with zero attached hydrogens (tertiary/aromatic N) is 2. The zero-order valence-electron chi connectivity index (χ0n) is 24.6. The molecular weight excluding hydrogens is 573 g/mol. The molecule has 0 unspecified atom stereocenters. The van der Waals surface area contributed by atoms with Gasteiger partial charge in [0.1, 0.15) is 23.7 Å². The monoisotopic (exact) mass is 611 g/mol. The largest absolute Gasteiger partial charge is 0.481 e. The molecule has 0 saturated carbocycles. The highest BCUT2D eigenvalue weighted by Crippen LogP contribution is 2.24. The van der Waals surface area contributed by atoms with Crippen molar-refractivity contribution in [2.45, 2.75) is 76.2 Å². The van der Waals surface area contributed by atoms with Gasteiger partial charge < -0.3 is 31.7 Å². The number of hydrogen-bond acceptors (Lipinski definition) is 9. The van der Waals surface area contributed by atoms with Crippen LogP contribution in [0.2, 0.25) is 0 Å². The number of aliphatic carboxylic acids is 1. The average Bonchev–Trinajstić information content (AvgIpc) is 2.96. The fourth-order valence-corrected chi connectivity index (χ4v) is 4.61. The lowest BCUT2D eigenvalue weighted by Crippen LogP contribution is -2.50. The van der Waals surface area contributed by atoms with E-state index in [-0.39, 0.29) is 44.2 Å². The first-order valence-corrected chi connectivity index (χ1v) is 14.2. The van der Waals surface area contributed by atoms with Gasteiger partial charge in [-0.2, -0.15) is 0 Å². The summed E-state index contributed by atoms with van der Waals surface area (Å²) >= 11 is 0. The van der Waals surface area contributed by atoms with E-state index in [1.54, 1.807) is 44.2 Å². The van der Waals surface area contributed by atoms with E-state index in [9.17, 15) is 28.7 Å². The van der Waals surface area contributed by atoms with Gasteiger partial charge >= 0.3 is 11.9 Å². The molecule has 236 valence electrons. The van der Waals surface area contributed by atoms with Crippen LogP contribution in [0.15, 0.2) is 54.7 Å². The number of carbonyl (C=O) groups is 4. The van der Waals surface area contributed by atoms with Gasteiger partial charge in [-0.3, -0.25) is 24.2 Å². The molecule has 2 aromatic carbocycles. The SMILES string of the molecule is CC(C)(O)CC[C@H](C[C@H](OC(=O)[C@@H](N)CCC(=O)O)[C@H](Cc1cccc(F)c1)NC(=O)c1cnc2ccccc2n1)C(N)=O. The summed E-state index contributed by atoms with van der Waals surface area (Å²) in [7, 11) is 0. The number of aliphatic hydroxyl groups is 1. The first-order chi connectivity index (χ1) is 20.7. The Morgan fingerprint density at radius 2 is 1.77 bits per heavy atom. The molecule has 0 aliphatic rings. The Balaban J connectivity index is 1.99. The number of benzene rings is 2. The molecule has 0 spiro atoms. The second-order valence-corrected chi connectivity index (χ2v) is 11.4. The summed E-state index contributed by atoms with van der Waals surface area (Å²) in [6, 6.07) is 10.2. The van der Waals surface area contributed by atoms with Gasteiger partial charge in [0.2, 0.25) is 5.91 Å². The van der Waals surface area contributed by atoms with Crippen molar-refractivity contribution < 1.29 is 38.5 Å². The molecule has 2 amide bonds. The third-order valence-electron chi connectivity index (χ3n) is 7.05. The van der Waals surface area contributed by atoms with Crippen LogP contribution >= 0.6 is 0 Å². The topological polar surface area (TPSA) is 208 Å². The number of esters is 1. The molecule has 3 aromatic rings. The third kappa shape index (κ3) is 10.7. The van der Waals surface area contributed by atoms with Gasteiger partial charge in [0, 0.05) is 12.3 Å². The third-order valence-corrected chi connectivity index (χ3v) is 7.05. The minimum absolute atomic E-state index is 0.0374. The number of halogens is 1. The van der Waals surface area contributed by atoms with Crippen LogP contribution in [0.1, 0.15) is 62.0 Å². The Bertz CT molecular complexity index is 1480. The number of fused-ring (bicyclic) bond motifs is 1. The summed E-state index contributed by atoms with van der Waals surface area (Å²) in [6.45, 7) is 3.14. The van der Waals surface area contributed by atoms with Crippen LogP contribution in [-0.4, -0.2) is 67.7 Å². The van der Waals surface area contributed by atoms with Gasteiger partial charge in [-0.15, -0.1) is 0 Å². The highest BCUT2D eigenvalue weighted by atomic mass is 19.1. The molecule has 0 aliphatic heterocycles. The van der Waals surface area contributed by atoms with Crippen molar-refractivity contribution in [2.75, 3.05) is 0 Å². The number of aromatic nitrogens is 2. The van der Waals surface area contributed by atoms with E-state index in [1.807, 2.05) is 0 Å². The molecular formula is C31H38FN5O7. The van der Waals surface area contributed by atoms with E-state index in [2.05, 4.69) is 15.3 Å². The number of rotatable bonds is 16. The minimum atomic E-state index is -1.31. The van der Waals surface area contributed by atoms with Crippen LogP contribution in [-0.2, 0) is 25.5 Å². The smallest absolute Gasteiger partial charge is 0.323 e. The summed E-state index contributed by atoms with van der Waals surface area (Å²) in [4.78, 5) is 58.7. The van der Waals surface area contributed by atoms with Crippen LogP contribution < -0.4 is 16.8 Å². The Kier molecular flexibility index (Phi) is 11.8. The molecule has 7 N–H and O–H groups in total. The molecule has 0 aliphatic carbocycles. The van der Waals surface area contributed by atoms with E-state index in [4.69, 9.17) is 21.3 Å². The predicted molar refractivity (Wildman–Crippen MR) is 158 cm³/mol. The second kappa shape index (κ2) is 15.3. The van der Waals surface area contributed by atoms with E-state index in [0.717, 1.165) is 0 Å². The Morgan fingerprint density at radius 3 is 2.41 bits per heavy atom. The van der Waals surface area contributed by atoms with Gasteiger partial charge in [-0.25, -0.2) is 9.37 Å². The number of hydrogen-bond donors (Lipinski definition) is 5. The van der Waals surface area contributed by atoms with Crippen molar-refractivity contribution in [2.24, 2.45) is 17.4 Å². The van der Waals surface area contributed by atoms with Gasteiger partial charge in [0.15, 0.2) is 0 Å². The zero-order valence-corrected chi connectivity index (χ0v) is 24.6. The molecule has 44 heavy (non-hydrogen) atoms. The van der Waals surface area contributed by atoms with Gasteiger partial charge in [-0.05, 0) is 75.8 Å². The van der Waals surface area contributed by atoms with Crippen LogP contribution in [0.5, 0.6) is 0 Å². The molecule has 0 saturated heterocycles. The summed E-state index contributed by atoms with van der Waals surface area (Å²) < 4.78 is 19.9. The number of carboxylic acids is 1. The van der Waals surface area contributed by atoms with Crippen LogP contribution in [0.4, 0.5) is 4.39 Å². The van der Waals surface area contributed by atoms with Crippen LogP contribution in [0.25, 0.3) is 11.0 Å². The molecule has 0 radical (unpaired) electrons. The lowest BCUT2D eigenvalue weighted by Gasteiger charge is -2.31. The van der Waals surface area contributed by atoms with E-state index in [1.165, 1.54) is 24.4 Å². The number of nitrogens with two attached hydrogens (primary N) is 2. The molecule has 0 fully saturated rings. The number of carbonyl (C=O) groups excluding carboxylic acids is 3. The molecule has 0 bridgehead atoms. The first-order valence-electron chi connectivity index (χ1n) is 14.2. The van der Waals surface area contributed by atoms with Crippen molar-refractivity contribution in [3.63, 3.8) is 0 Å². The van der Waals surface area contributed by atoms with E-state index < -0.39 is 59.3 Å². The first kappa shape index (κ1) is 34.0. The highest BCUT2D eigenvalue weighted by Gasteiger charge is 2.34. The Hall–Kier alpha value is -4.49. The maximum atomic E-state index is 14.1. The molecule has 12 nitrogen and oxygen atoms in total. The van der Waals surface area contributed by atoms with Crippen molar-refractivity contribution in [3.8, 4) is 0 Å². The highest BCUT2D eigenvalue weighted by molar-refractivity contribution is 5.94. The molecule has 13 heteroatoms. The van der Waals surface area contributed by atoms with Gasteiger partial charge in [0.05, 0.1) is 28.9 Å². The van der Waals surface area contributed by atoms with E-state index >= 15 is 0 Å². The lowest BCUT2D eigenvalue weighted by atomic mass is 9.87. The number of carboxylic acid groups (broad SMARTS) is 1. The summed E-state index contributed by atoms with van der Waals surface area (Å²) in [5.41, 5.74) is 11.9. The fraction of sp³-hybridized carbons (Fsp3) is 0.419. The van der Waals surface area contributed by atoms with Crippen molar-refractivity contribution in [3.05, 3.63) is 71.8 Å². The number of primary amides is 1. The van der Waals surface area contributed by atoms with Crippen molar-refractivity contribution >= 4 is 34.8 Å². The summed E-state index contributed by atoms with van der Waals surface area (Å²) in [5, 5.41) is 22.1. The maximum absolute atomic E-state index is 14.1. The molecule has 1 aromatic heterocycles. The zero-order chi connectivity index (χ0) is 32.4. The predicted octanol–water partition coefficient (Wildman–Crippen LogP) is 2.26. The number of para-hydroxylation sites is 2.